The van der Waals surface area contributed by atoms with E-state index < -0.39 is 5.97 Å². The number of pyridine rings is 1. The molecular formula is C8H4NO2S-. The molecule has 3 nitrogen and oxygen atoms in total. The van der Waals surface area contributed by atoms with E-state index in [1.54, 1.807) is 24.5 Å². The van der Waals surface area contributed by atoms with Crippen molar-refractivity contribution in [3.8, 4) is 0 Å². The quantitative estimate of drug-likeness (QED) is 0.644. The molecule has 2 heterocycles. The van der Waals surface area contributed by atoms with Gasteiger partial charge in [-0.15, -0.1) is 11.3 Å². The lowest BCUT2D eigenvalue weighted by Gasteiger charge is -1.91. The number of carboxylic acid groups (broad SMARTS) is 1. The van der Waals surface area contributed by atoms with Crippen LogP contribution in [-0.4, -0.2) is 11.0 Å². The number of thiophene rings is 1. The van der Waals surface area contributed by atoms with E-state index >= 15 is 0 Å². The van der Waals surface area contributed by atoms with Crippen molar-refractivity contribution in [2.45, 2.75) is 0 Å². The van der Waals surface area contributed by atoms with Crippen molar-refractivity contribution < 1.29 is 9.90 Å². The Labute approximate surface area is 72.3 Å². The molecule has 0 atom stereocenters. The first-order valence-electron chi connectivity index (χ1n) is 3.32. The van der Waals surface area contributed by atoms with Crippen LogP contribution in [0.15, 0.2) is 24.5 Å². The van der Waals surface area contributed by atoms with Crippen molar-refractivity contribution in [3.05, 3.63) is 29.4 Å². The van der Waals surface area contributed by atoms with Crippen LogP contribution in [0.25, 0.3) is 10.1 Å². The molecule has 0 saturated carbocycles. The molecule has 2 aromatic rings. The van der Waals surface area contributed by atoms with Crippen molar-refractivity contribution in [1.29, 1.82) is 0 Å². The minimum absolute atomic E-state index is 0.248. The molecule has 60 valence electrons. The number of aromatic carboxylic acids is 1. The number of rotatable bonds is 1. The summed E-state index contributed by atoms with van der Waals surface area (Å²) in [5.41, 5.74) is 0. The molecule has 0 spiro atoms. The molecule has 4 heteroatoms. The highest BCUT2D eigenvalue weighted by Crippen LogP contribution is 2.23. The number of fused-ring (bicyclic) bond motifs is 1. The molecule has 0 unspecified atom stereocenters. The van der Waals surface area contributed by atoms with E-state index in [1.165, 1.54) is 11.3 Å². The highest BCUT2D eigenvalue weighted by atomic mass is 32.1. The smallest absolute Gasteiger partial charge is 0.0815 e. The molecule has 0 bridgehead atoms. The van der Waals surface area contributed by atoms with Gasteiger partial charge in [0.2, 0.25) is 0 Å². The van der Waals surface area contributed by atoms with Gasteiger partial charge in [0.1, 0.15) is 0 Å². The van der Waals surface area contributed by atoms with E-state index in [0.29, 0.717) is 0 Å². The second-order valence-electron chi connectivity index (χ2n) is 2.31. The molecule has 0 aromatic carbocycles. The molecule has 0 radical (unpaired) electrons. The highest BCUT2D eigenvalue weighted by Gasteiger charge is 2.00. The van der Waals surface area contributed by atoms with Gasteiger partial charge in [-0.3, -0.25) is 4.98 Å². The highest BCUT2D eigenvalue weighted by molar-refractivity contribution is 7.20. The fourth-order valence-electron chi connectivity index (χ4n) is 0.985. The maximum Gasteiger partial charge on any atom is 0.0815 e. The second kappa shape index (κ2) is 2.57. The van der Waals surface area contributed by atoms with Gasteiger partial charge in [-0.25, -0.2) is 0 Å². The minimum atomic E-state index is -1.13. The minimum Gasteiger partial charge on any atom is -0.544 e. The summed E-state index contributed by atoms with van der Waals surface area (Å²) in [5, 5.41) is 11.3. The molecule has 0 fully saturated rings. The first kappa shape index (κ1) is 7.24. The zero-order chi connectivity index (χ0) is 8.55. The Morgan fingerprint density at radius 1 is 1.58 bits per heavy atom. The van der Waals surface area contributed by atoms with Crippen LogP contribution in [0, 0.1) is 0 Å². The Kier molecular flexibility index (Phi) is 1.55. The lowest BCUT2D eigenvalue weighted by Crippen LogP contribution is -2.20. The Bertz CT molecular complexity index is 402. The molecule has 2 rings (SSSR count). The van der Waals surface area contributed by atoms with E-state index in [-0.39, 0.29) is 4.88 Å². The lowest BCUT2D eigenvalue weighted by atomic mass is 10.3. The van der Waals surface area contributed by atoms with Crippen LogP contribution in [0.5, 0.6) is 0 Å². The van der Waals surface area contributed by atoms with Crippen LogP contribution in [0.1, 0.15) is 9.67 Å². The van der Waals surface area contributed by atoms with Crippen molar-refractivity contribution >= 4 is 27.4 Å². The molecule has 2 aromatic heterocycles. The van der Waals surface area contributed by atoms with Crippen LogP contribution in [-0.2, 0) is 0 Å². The van der Waals surface area contributed by atoms with Gasteiger partial charge in [0.25, 0.3) is 0 Å². The zero-order valence-electron chi connectivity index (χ0n) is 5.98. The number of carbonyl (C=O) groups excluding carboxylic acids is 1. The number of hydrogen-bond donors (Lipinski definition) is 0. The van der Waals surface area contributed by atoms with Gasteiger partial charge in [0.05, 0.1) is 15.5 Å². The van der Waals surface area contributed by atoms with Crippen LogP contribution >= 0.6 is 11.3 Å². The Balaban J connectivity index is 2.70. The Morgan fingerprint density at radius 2 is 2.42 bits per heavy atom. The number of carbonyl (C=O) groups is 1. The first-order chi connectivity index (χ1) is 5.77. The van der Waals surface area contributed by atoms with Gasteiger partial charge >= 0.3 is 0 Å². The molecule has 0 saturated heterocycles. The first-order valence-corrected chi connectivity index (χ1v) is 4.14. The van der Waals surface area contributed by atoms with Crippen LogP contribution in [0.2, 0.25) is 0 Å². The standard InChI is InChI=1S/C8H5NO2S/c10-8(11)6-3-5-1-2-9-4-7(5)12-6/h1-4H,(H,10,11)/p-1. The third-order valence-corrected chi connectivity index (χ3v) is 2.59. The fourth-order valence-corrected chi connectivity index (χ4v) is 1.85. The third-order valence-electron chi connectivity index (χ3n) is 1.52. The number of nitrogens with zero attached hydrogens (tertiary/aromatic N) is 1. The van der Waals surface area contributed by atoms with Crippen molar-refractivity contribution in [3.63, 3.8) is 0 Å². The molecule has 0 aliphatic rings. The molecule has 0 amide bonds. The van der Waals surface area contributed by atoms with Crippen LogP contribution in [0.3, 0.4) is 0 Å². The Hall–Kier alpha value is -1.42. The van der Waals surface area contributed by atoms with Gasteiger partial charge in [-0.1, -0.05) is 0 Å². The molecule has 0 aliphatic heterocycles. The van der Waals surface area contributed by atoms with Gasteiger partial charge in [-0.2, -0.15) is 0 Å². The maximum absolute atomic E-state index is 10.4. The van der Waals surface area contributed by atoms with Gasteiger partial charge in [0, 0.05) is 12.4 Å². The third kappa shape index (κ3) is 1.06. The summed E-state index contributed by atoms with van der Waals surface area (Å²) < 4.78 is 0.872. The molecule has 12 heavy (non-hydrogen) atoms. The maximum atomic E-state index is 10.4. The average Bonchev–Trinajstić information content (AvgIpc) is 2.46. The van der Waals surface area contributed by atoms with Crippen LogP contribution in [0.4, 0.5) is 0 Å². The largest absolute Gasteiger partial charge is 0.544 e. The number of carboxylic acids is 1. The average molecular weight is 178 g/mol. The molecule has 0 aliphatic carbocycles. The zero-order valence-corrected chi connectivity index (χ0v) is 6.80. The summed E-state index contributed by atoms with van der Waals surface area (Å²) in [6.45, 7) is 0. The summed E-state index contributed by atoms with van der Waals surface area (Å²) in [6.07, 6.45) is 3.28. The number of hydrogen-bond acceptors (Lipinski definition) is 4. The summed E-state index contributed by atoms with van der Waals surface area (Å²) in [6, 6.07) is 3.37. The van der Waals surface area contributed by atoms with Crippen molar-refractivity contribution in [2.24, 2.45) is 0 Å². The number of aromatic nitrogens is 1. The molecular weight excluding hydrogens is 174 g/mol. The van der Waals surface area contributed by atoms with Gasteiger partial charge in [0.15, 0.2) is 0 Å². The van der Waals surface area contributed by atoms with Crippen molar-refractivity contribution in [2.75, 3.05) is 0 Å². The van der Waals surface area contributed by atoms with Gasteiger partial charge in [-0.05, 0) is 17.5 Å². The second-order valence-corrected chi connectivity index (χ2v) is 3.40. The lowest BCUT2D eigenvalue weighted by molar-refractivity contribution is -0.254. The Morgan fingerprint density at radius 3 is 3.08 bits per heavy atom. The predicted octanol–water partition coefficient (Wildman–Crippen LogP) is 0.660. The van der Waals surface area contributed by atoms with Crippen LogP contribution < -0.4 is 5.11 Å². The predicted molar refractivity (Wildman–Crippen MR) is 44.0 cm³/mol. The molecule has 0 N–H and O–H groups in total. The van der Waals surface area contributed by atoms with E-state index in [9.17, 15) is 9.90 Å². The fraction of sp³-hybridized carbons (Fsp3) is 0. The summed E-state index contributed by atoms with van der Waals surface area (Å²) in [5.74, 6) is -1.13. The van der Waals surface area contributed by atoms with E-state index in [0.717, 1.165) is 10.1 Å². The topological polar surface area (TPSA) is 53.0 Å². The SMILES string of the molecule is O=C([O-])c1cc2ccncc2s1. The van der Waals surface area contributed by atoms with Crippen molar-refractivity contribution in [1.82, 2.24) is 4.98 Å². The van der Waals surface area contributed by atoms with E-state index in [2.05, 4.69) is 4.98 Å². The van der Waals surface area contributed by atoms with E-state index in [4.69, 9.17) is 0 Å². The monoisotopic (exact) mass is 178 g/mol. The summed E-state index contributed by atoms with van der Waals surface area (Å²) >= 11 is 1.18. The summed E-state index contributed by atoms with van der Waals surface area (Å²) in [7, 11) is 0. The summed E-state index contributed by atoms with van der Waals surface area (Å²) in [4.78, 5) is 14.6. The van der Waals surface area contributed by atoms with E-state index in [1.807, 2.05) is 0 Å². The van der Waals surface area contributed by atoms with Gasteiger partial charge < -0.3 is 9.90 Å². The normalized spacial score (nSPS) is 10.3.